The summed E-state index contributed by atoms with van der Waals surface area (Å²) in [6.07, 6.45) is 5.68. The van der Waals surface area contributed by atoms with Gasteiger partial charge in [-0.05, 0) is 91.5 Å². The number of carboxylic acid groups (broad SMARTS) is 1. The molecule has 0 amide bonds. The maximum Gasteiger partial charge on any atom is 0.309 e. The minimum absolute atomic E-state index is 0.163. The van der Waals surface area contributed by atoms with Crippen LogP contribution in [0.15, 0.2) is 28.9 Å². The van der Waals surface area contributed by atoms with Crippen LogP contribution in [-0.4, -0.2) is 58.2 Å². The summed E-state index contributed by atoms with van der Waals surface area (Å²) in [7, 11) is 0. The number of hydrogen-bond donors (Lipinski definition) is 2. The van der Waals surface area contributed by atoms with Crippen molar-refractivity contribution in [3.05, 3.63) is 45.3 Å². The van der Waals surface area contributed by atoms with Crippen LogP contribution in [0.2, 0.25) is 5.02 Å². The summed E-state index contributed by atoms with van der Waals surface area (Å²) >= 11 is 9.77. The first-order valence-electron chi connectivity index (χ1n) is 12.6. The van der Waals surface area contributed by atoms with E-state index in [0.29, 0.717) is 34.7 Å². The van der Waals surface area contributed by atoms with Crippen LogP contribution in [0, 0.1) is 23.1 Å². The van der Waals surface area contributed by atoms with Crippen LogP contribution in [0.1, 0.15) is 51.1 Å². The number of piperidine rings is 1. The highest BCUT2D eigenvalue weighted by molar-refractivity contribution is 9.10. The van der Waals surface area contributed by atoms with E-state index in [1.54, 1.807) is 12.3 Å². The fourth-order valence-corrected chi connectivity index (χ4v) is 6.53. The summed E-state index contributed by atoms with van der Waals surface area (Å²) in [5.41, 5.74) is 0.251. The van der Waals surface area contributed by atoms with Gasteiger partial charge in [0.15, 0.2) is 0 Å². The second-order valence-corrected chi connectivity index (χ2v) is 12.2. The van der Waals surface area contributed by atoms with Gasteiger partial charge in [-0.3, -0.25) is 4.79 Å². The van der Waals surface area contributed by atoms with Crippen molar-refractivity contribution in [2.45, 2.75) is 51.6 Å². The van der Waals surface area contributed by atoms with E-state index in [-0.39, 0.29) is 11.9 Å². The van der Waals surface area contributed by atoms with Crippen LogP contribution in [0.25, 0.3) is 0 Å². The average Bonchev–Trinajstić information content (AvgIpc) is 2.78. The highest BCUT2D eigenvalue weighted by atomic mass is 79.9. The monoisotopic (exact) mass is 579 g/mol. The van der Waals surface area contributed by atoms with E-state index in [0.717, 1.165) is 49.1 Å². The highest BCUT2D eigenvalue weighted by Crippen LogP contribution is 2.45. The van der Waals surface area contributed by atoms with Gasteiger partial charge in [0.05, 0.1) is 15.9 Å². The number of halogens is 3. The summed E-state index contributed by atoms with van der Waals surface area (Å²) in [4.78, 5) is 25.5. The van der Waals surface area contributed by atoms with Crippen LogP contribution in [0.3, 0.4) is 0 Å². The molecule has 3 heterocycles. The molecule has 0 unspecified atom stereocenters. The Morgan fingerprint density at radius 1 is 1.31 bits per heavy atom. The van der Waals surface area contributed by atoms with Crippen LogP contribution in [0.4, 0.5) is 16.2 Å². The molecule has 0 spiro atoms. The largest absolute Gasteiger partial charge is 0.481 e. The van der Waals surface area contributed by atoms with Gasteiger partial charge in [-0.25, -0.2) is 9.37 Å². The van der Waals surface area contributed by atoms with Gasteiger partial charge < -0.3 is 20.2 Å². The molecule has 1 aromatic heterocycles. The fraction of sp³-hybridized carbons (Fsp3) is 0.577. The zero-order valence-electron chi connectivity index (χ0n) is 20.6. The number of rotatable bonds is 7. The van der Waals surface area contributed by atoms with Gasteiger partial charge >= 0.3 is 5.97 Å². The Morgan fingerprint density at radius 3 is 2.75 bits per heavy atom. The van der Waals surface area contributed by atoms with Gasteiger partial charge in [-0.2, -0.15) is 4.98 Å². The van der Waals surface area contributed by atoms with E-state index in [1.807, 2.05) is 13.8 Å². The third-order valence-corrected chi connectivity index (χ3v) is 9.17. The van der Waals surface area contributed by atoms with Crippen LogP contribution < -0.4 is 10.2 Å². The summed E-state index contributed by atoms with van der Waals surface area (Å²) in [5.74, 6) is 1.56. The molecule has 2 aromatic rings. The van der Waals surface area contributed by atoms with Gasteiger partial charge in [-0.15, -0.1) is 0 Å². The molecule has 1 aliphatic carbocycles. The summed E-state index contributed by atoms with van der Waals surface area (Å²) in [6.45, 7) is 7.82. The fourth-order valence-electron chi connectivity index (χ4n) is 5.89. The van der Waals surface area contributed by atoms with Crippen molar-refractivity contribution in [2.75, 3.05) is 36.4 Å². The van der Waals surface area contributed by atoms with Gasteiger partial charge in [0.2, 0.25) is 5.95 Å². The predicted octanol–water partition coefficient (Wildman–Crippen LogP) is 5.61. The molecule has 5 rings (SSSR count). The zero-order chi connectivity index (χ0) is 25.6. The molecule has 2 N–H and O–H groups in total. The van der Waals surface area contributed by atoms with Crippen molar-refractivity contribution in [3.8, 4) is 0 Å². The molecule has 3 aliphatic rings. The minimum Gasteiger partial charge on any atom is -0.481 e. The molecular weight excluding hydrogens is 549 g/mol. The molecule has 2 saturated heterocycles. The van der Waals surface area contributed by atoms with Crippen molar-refractivity contribution in [2.24, 2.45) is 17.3 Å². The van der Waals surface area contributed by atoms with Gasteiger partial charge in [-0.1, -0.05) is 17.7 Å². The van der Waals surface area contributed by atoms with Crippen molar-refractivity contribution >= 4 is 45.3 Å². The molecule has 10 heteroatoms. The number of likely N-dealkylation sites (tertiary alicyclic amines) is 1. The Hall–Kier alpha value is -1.97. The first-order chi connectivity index (χ1) is 17.1. The molecule has 2 atom stereocenters. The molecule has 7 nitrogen and oxygen atoms in total. The van der Waals surface area contributed by atoms with Gasteiger partial charge in [0.25, 0.3) is 0 Å². The lowest BCUT2D eigenvalue weighted by Gasteiger charge is -2.52. The molecule has 36 heavy (non-hydrogen) atoms. The Bertz CT molecular complexity index is 1140. The van der Waals surface area contributed by atoms with E-state index >= 15 is 0 Å². The normalized spacial score (nSPS) is 27.8. The number of benzene rings is 1. The Morgan fingerprint density at radius 2 is 2.06 bits per heavy atom. The first-order valence-corrected chi connectivity index (χ1v) is 13.8. The Labute approximate surface area is 224 Å². The van der Waals surface area contributed by atoms with Crippen LogP contribution >= 0.6 is 27.5 Å². The summed E-state index contributed by atoms with van der Waals surface area (Å²) < 4.78 is 14.2. The molecule has 1 saturated carbocycles. The smallest absolute Gasteiger partial charge is 0.309 e. The maximum atomic E-state index is 13.4. The van der Waals surface area contributed by atoms with Gasteiger partial charge in [0.1, 0.15) is 11.6 Å². The number of hydrogen-bond acceptors (Lipinski definition) is 6. The lowest BCUT2D eigenvalue weighted by atomic mass is 9.65. The van der Waals surface area contributed by atoms with E-state index in [9.17, 15) is 14.3 Å². The molecule has 0 radical (unpaired) electrons. The van der Waals surface area contributed by atoms with E-state index in [2.05, 4.69) is 36.0 Å². The van der Waals surface area contributed by atoms with Crippen LogP contribution in [0.5, 0.6) is 0 Å². The SMILES string of the molecule is C[C@@H](Nc1nc(N2CC([C@H]3CCCN([C@H]4C[C@](C)(C(=O)O)C4)C3)C2)ncc1Br)c1ccc(F)cc1Cl. The number of anilines is 2. The van der Waals surface area contributed by atoms with Crippen molar-refractivity contribution in [3.63, 3.8) is 0 Å². The lowest BCUT2D eigenvalue weighted by molar-refractivity contribution is -0.158. The first kappa shape index (κ1) is 25.7. The lowest BCUT2D eigenvalue weighted by Crippen LogP contribution is -2.58. The van der Waals surface area contributed by atoms with E-state index in [4.69, 9.17) is 16.6 Å². The molecule has 194 valence electrons. The van der Waals surface area contributed by atoms with E-state index < -0.39 is 11.4 Å². The Balaban J connectivity index is 1.17. The van der Waals surface area contributed by atoms with Crippen LogP contribution in [-0.2, 0) is 4.79 Å². The number of nitrogens with one attached hydrogen (secondary N) is 1. The quantitative estimate of drug-likeness (QED) is 0.441. The second kappa shape index (κ2) is 10.1. The number of nitrogens with zero attached hydrogens (tertiary/aromatic N) is 4. The topological polar surface area (TPSA) is 81.6 Å². The number of carbonyl (C=O) groups is 1. The minimum atomic E-state index is -0.666. The molecule has 2 aliphatic heterocycles. The molecular formula is C26H32BrClFN5O2. The number of aromatic nitrogens is 2. The molecule has 3 fully saturated rings. The summed E-state index contributed by atoms with van der Waals surface area (Å²) in [6, 6.07) is 4.65. The van der Waals surface area contributed by atoms with Crippen molar-refractivity contribution in [1.82, 2.24) is 14.9 Å². The third-order valence-electron chi connectivity index (χ3n) is 8.27. The Kier molecular flexibility index (Phi) is 7.18. The van der Waals surface area contributed by atoms with Gasteiger partial charge in [0, 0.05) is 36.9 Å². The zero-order valence-corrected chi connectivity index (χ0v) is 22.9. The number of carboxylic acids is 1. The highest BCUT2D eigenvalue weighted by Gasteiger charge is 2.49. The average molecular weight is 581 g/mol. The molecule has 0 bridgehead atoms. The van der Waals surface area contributed by atoms with E-state index in [1.165, 1.54) is 25.0 Å². The third kappa shape index (κ3) is 5.07. The standard InChI is InChI=1S/C26H32BrClFN5O2/c1-15(20-6-5-18(29)8-22(20)28)31-23-21(27)11-30-25(32-23)34-13-17(14-34)16-4-3-7-33(12-16)19-9-26(2,10-19)24(35)36/h5-6,8,11,15-17,19H,3-4,7,9-10,12-14H2,1-2H3,(H,35,36)(H,30,31,32)/t15-,16+,19-,26-/m1/s1. The second-order valence-electron chi connectivity index (χ2n) is 10.9. The van der Waals surface area contributed by atoms with Crippen molar-refractivity contribution in [1.29, 1.82) is 0 Å². The maximum absolute atomic E-state index is 13.4. The van der Waals surface area contributed by atoms with Crippen molar-refractivity contribution < 1.29 is 14.3 Å². The molecule has 1 aromatic carbocycles. The summed E-state index contributed by atoms with van der Waals surface area (Å²) in [5, 5.41) is 13.2. The predicted molar refractivity (Wildman–Crippen MR) is 142 cm³/mol. The number of aliphatic carboxylic acids is 1.